The van der Waals surface area contributed by atoms with E-state index in [9.17, 15) is 4.79 Å². The number of aromatic nitrogens is 3. The minimum Gasteiger partial charge on any atom is -0.357 e. The number of rotatable bonds is 6. The molecule has 2 N–H and O–H groups in total. The quantitative estimate of drug-likeness (QED) is 0.580. The van der Waals surface area contributed by atoms with Gasteiger partial charge in [0, 0.05) is 48.8 Å². The number of aryl methyl sites for hydroxylation is 1. The topological polar surface area (TPSA) is 83.0 Å². The van der Waals surface area contributed by atoms with Crippen molar-refractivity contribution in [2.24, 2.45) is 0 Å². The van der Waals surface area contributed by atoms with Crippen LogP contribution in [0, 0.1) is 6.92 Å². The van der Waals surface area contributed by atoms with Crippen LogP contribution in [0.25, 0.3) is 0 Å². The summed E-state index contributed by atoms with van der Waals surface area (Å²) in [5, 5.41) is 6.49. The van der Waals surface area contributed by atoms with Crippen LogP contribution in [-0.2, 0) is 6.54 Å². The summed E-state index contributed by atoms with van der Waals surface area (Å²) in [5.74, 6) is 1.01. The van der Waals surface area contributed by atoms with Gasteiger partial charge in [-0.05, 0) is 73.0 Å². The van der Waals surface area contributed by atoms with E-state index in [-0.39, 0.29) is 6.03 Å². The van der Waals surface area contributed by atoms with Crippen LogP contribution < -0.4 is 15.5 Å². The van der Waals surface area contributed by atoms with E-state index in [1.165, 1.54) is 24.6 Å². The molecule has 4 rings (SSSR count). The zero-order valence-electron chi connectivity index (χ0n) is 16.8. The predicted octanol–water partition coefficient (Wildman–Crippen LogP) is 4.25. The number of carbonyl (C=O) groups is 1. The summed E-state index contributed by atoms with van der Waals surface area (Å²) in [6, 6.07) is 11.4. The fourth-order valence-electron chi connectivity index (χ4n) is 3.29. The largest absolute Gasteiger partial charge is 0.357 e. The molecule has 0 unspecified atom stereocenters. The maximum absolute atomic E-state index is 12.3. The number of pyridine rings is 1. The third-order valence-electron chi connectivity index (χ3n) is 4.89. The van der Waals surface area contributed by atoms with Gasteiger partial charge in [-0.3, -0.25) is 0 Å². The summed E-state index contributed by atoms with van der Waals surface area (Å²) >= 11 is 1.49. The first-order valence-corrected chi connectivity index (χ1v) is 10.8. The highest BCUT2D eigenvalue weighted by molar-refractivity contribution is 7.99. The van der Waals surface area contributed by atoms with Gasteiger partial charge in [-0.2, -0.15) is 0 Å². The van der Waals surface area contributed by atoms with E-state index < -0.39 is 0 Å². The Morgan fingerprint density at radius 1 is 1.10 bits per heavy atom. The minimum absolute atomic E-state index is 0.242. The van der Waals surface area contributed by atoms with Crippen LogP contribution in [0.1, 0.15) is 24.0 Å². The smallest absolute Gasteiger partial charge is 0.319 e. The Kier molecular flexibility index (Phi) is 6.44. The van der Waals surface area contributed by atoms with E-state index in [0.717, 1.165) is 40.6 Å². The number of carbonyl (C=O) groups excluding carboxylic acids is 1. The van der Waals surface area contributed by atoms with Crippen LogP contribution in [0.3, 0.4) is 0 Å². The molecule has 7 nitrogen and oxygen atoms in total. The summed E-state index contributed by atoms with van der Waals surface area (Å²) in [5.41, 5.74) is 2.72. The molecule has 0 saturated carbocycles. The third kappa shape index (κ3) is 5.27. The van der Waals surface area contributed by atoms with Crippen LogP contribution in [0.4, 0.5) is 16.3 Å². The molecule has 1 saturated heterocycles. The summed E-state index contributed by atoms with van der Waals surface area (Å²) in [6.07, 6.45) is 7.72. The molecule has 2 amide bonds. The van der Waals surface area contributed by atoms with Crippen molar-refractivity contribution in [3.8, 4) is 0 Å². The molecule has 1 aliphatic heterocycles. The van der Waals surface area contributed by atoms with Crippen molar-refractivity contribution in [3.63, 3.8) is 0 Å². The van der Waals surface area contributed by atoms with Gasteiger partial charge >= 0.3 is 6.03 Å². The molecule has 3 heterocycles. The Morgan fingerprint density at radius 2 is 1.90 bits per heavy atom. The lowest BCUT2D eigenvalue weighted by Crippen LogP contribution is -2.28. The normalized spacial score (nSPS) is 13.3. The van der Waals surface area contributed by atoms with E-state index in [1.54, 1.807) is 18.5 Å². The zero-order valence-corrected chi connectivity index (χ0v) is 17.7. The number of hydrogen-bond donors (Lipinski definition) is 2. The third-order valence-corrected chi connectivity index (χ3v) is 5.77. The summed E-state index contributed by atoms with van der Waals surface area (Å²) in [7, 11) is 0. The van der Waals surface area contributed by atoms with E-state index >= 15 is 0 Å². The van der Waals surface area contributed by atoms with Crippen molar-refractivity contribution in [2.45, 2.75) is 36.4 Å². The molecule has 2 aromatic heterocycles. The molecule has 0 aliphatic carbocycles. The molecule has 1 fully saturated rings. The van der Waals surface area contributed by atoms with Crippen molar-refractivity contribution in [3.05, 3.63) is 66.1 Å². The van der Waals surface area contributed by atoms with Crippen molar-refractivity contribution < 1.29 is 4.79 Å². The van der Waals surface area contributed by atoms with Crippen molar-refractivity contribution in [2.75, 3.05) is 23.3 Å². The number of nitrogens with one attached hydrogen (secondary N) is 2. The number of anilines is 2. The van der Waals surface area contributed by atoms with Crippen LogP contribution >= 0.6 is 11.8 Å². The van der Waals surface area contributed by atoms with Crippen molar-refractivity contribution in [1.82, 2.24) is 20.3 Å². The number of hydrogen-bond acceptors (Lipinski definition) is 6. The van der Waals surface area contributed by atoms with E-state index in [4.69, 9.17) is 0 Å². The molecule has 8 heteroatoms. The SMILES string of the molecule is Cc1cc(Sc2ncccn2)ccc1NC(=O)NCc1ccc(N2CCCC2)nc1. The molecule has 0 radical (unpaired) electrons. The lowest BCUT2D eigenvalue weighted by molar-refractivity contribution is 0.251. The molecule has 3 aromatic rings. The fourth-order valence-corrected chi connectivity index (χ4v) is 4.10. The summed E-state index contributed by atoms with van der Waals surface area (Å²) < 4.78 is 0. The van der Waals surface area contributed by atoms with E-state index in [0.29, 0.717) is 11.7 Å². The van der Waals surface area contributed by atoms with Crippen LogP contribution in [0.5, 0.6) is 0 Å². The maximum Gasteiger partial charge on any atom is 0.319 e. The summed E-state index contributed by atoms with van der Waals surface area (Å²) in [6.45, 7) is 4.54. The van der Waals surface area contributed by atoms with E-state index in [1.807, 2.05) is 43.5 Å². The first kappa shape index (κ1) is 20.2. The fraction of sp³-hybridized carbons (Fsp3) is 0.273. The first-order valence-electron chi connectivity index (χ1n) is 9.98. The second-order valence-electron chi connectivity index (χ2n) is 7.14. The van der Waals surface area contributed by atoms with Gasteiger partial charge in [0.2, 0.25) is 0 Å². The van der Waals surface area contributed by atoms with Gasteiger partial charge in [0.15, 0.2) is 5.16 Å². The Morgan fingerprint density at radius 3 is 2.60 bits per heavy atom. The van der Waals surface area contributed by atoms with Gasteiger partial charge in [-0.15, -0.1) is 0 Å². The van der Waals surface area contributed by atoms with Gasteiger partial charge in [0.05, 0.1) is 0 Å². The second kappa shape index (κ2) is 9.58. The molecule has 0 bridgehead atoms. The number of benzene rings is 1. The average molecular weight is 421 g/mol. The summed E-state index contributed by atoms with van der Waals surface area (Å²) in [4.78, 5) is 28.6. The molecular weight excluding hydrogens is 396 g/mol. The van der Waals surface area contributed by atoms with Gasteiger partial charge in [0.25, 0.3) is 0 Å². The van der Waals surface area contributed by atoms with Gasteiger partial charge in [0.1, 0.15) is 5.82 Å². The highest BCUT2D eigenvalue weighted by Crippen LogP contribution is 2.27. The first-order chi connectivity index (χ1) is 14.7. The molecule has 0 spiro atoms. The van der Waals surface area contributed by atoms with Gasteiger partial charge < -0.3 is 15.5 Å². The van der Waals surface area contributed by atoms with Crippen molar-refractivity contribution in [1.29, 1.82) is 0 Å². The standard InChI is InChI=1S/C22H24N6OS/c1-16-13-18(30-22-23-9-4-10-24-22)6-7-19(16)27-21(29)26-15-17-5-8-20(25-14-17)28-11-2-3-12-28/h4-10,13-14H,2-3,11-12,15H2,1H3,(H2,26,27,29). The number of urea groups is 1. The molecule has 154 valence electrons. The Labute approximate surface area is 180 Å². The van der Waals surface area contributed by atoms with Crippen molar-refractivity contribution >= 4 is 29.3 Å². The monoisotopic (exact) mass is 420 g/mol. The molecule has 1 aliphatic rings. The Hall–Kier alpha value is -3.13. The Balaban J connectivity index is 1.29. The highest BCUT2D eigenvalue weighted by Gasteiger charge is 2.13. The van der Waals surface area contributed by atoms with Gasteiger partial charge in [-0.25, -0.2) is 19.7 Å². The zero-order chi connectivity index (χ0) is 20.8. The molecule has 1 aromatic carbocycles. The predicted molar refractivity (Wildman–Crippen MR) is 119 cm³/mol. The maximum atomic E-state index is 12.3. The van der Waals surface area contributed by atoms with E-state index in [2.05, 4.69) is 30.5 Å². The lowest BCUT2D eigenvalue weighted by Gasteiger charge is -2.16. The van der Waals surface area contributed by atoms with Crippen LogP contribution in [0.2, 0.25) is 0 Å². The van der Waals surface area contributed by atoms with Crippen LogP contribution in [0.15, 0.2) is 65.0 Å². The Bertz CT molecular complexity index is 990. The number of nitrogens with zero attached hydrogens (tertiary/aromatic N) is 4. The second-order valence-corrected chi connectivity index (χ2v) is 8.18. The molecule has 0 atom stereocenters. The van der Waals surface area contributed by atoms with Gasteiger partial charge in [-0.1, -0.05) is 6.07 Å². The number of amides is 2. The molecule has 30 heavy (non-hydrogen) atoms. The average Bonchev–Trinajstić information content (AvgIpc) is 3.30. The molecular formula is C22H24N6OS. The van der Waals surface area contributed by atoms with Crippen LogP contribution in [-0.4, -0.2) is 34.1 Å². The lowest BCUT2D eigenvalue weighted by atomic mass is 10.2. The highest BCUT2D eigenvalue weighted by atomic mass is 32.2. The minimum atomic E-state index is -0.242.